The summed E-state index contributed by atoms with van der Waals surface area (Å²) in [4.78, 5) is 12.3. The molecule has 0 fully saturated rings. The third-order valence-electron chi connectivity index (χ3n) is 3.96. The monoisotopic (exact) mass is 399 g/mol. The molecule has 0 atom stereocenters. The second kappa shape index (κ2) is 8.66. The van der Waals surface area contributed by atoms with Crippen molar-refractivity contribution in [1.29, 1.82) is 0 Å². The number of hydrogen-bond donors (Lipinski definition) is 2. The van der Waals surface area contributed by atoms with Crippen molar-refractivity contribution < 1.29 is 14.3 Å². The van der Waals surface area contributed by atoms with E-state index in [0.29, 0.717) is 28.2 Å². The lowest BCUT2D eigenvalue weighted by molar-refractivity contribution is -0.113. The summed E-state index contributed by atoms with van der Waals surface area (Å²) in [6.07, 6.45) is 0. The number of aryl methyl sites for hydroxylation is 1. The van der Waals surface area contributed by atoms with E-state index in [1.165, 1.54) is 23.5 Å². The van der Waals surface area contributed by atoms with Crippen molar-refractivity contribution in [1.82, 2.24) is 14.9 Å². The van der Waals surface area contributed by atoms with Crippen LogP contribution in [0.15, 0.2) is 47.6 Å². The molecule has 1 heterocycles. The number of thioether (sulfide) groups is 1. The van der Waals surface area contributed by atoms with Crippen LogP contribution in [0.5, 0.6) is 11.5 Å². The third-order valence-corrected chi connectivity index (χ3v) is 4.90. The van der Waals surface area contributed by atoms with Gasteiger partial charge >= 0.3 is 0 Å². The SMILES string of the molecule is COc1ccc(NC(=O)CSc2nnc(-c3cccc(C)c3)n2N)c(OC)c1. The van der Waals surface area contributed by atoms with Crippen molar-refractivity contribution in [2.75, 3.05) is 31.1 Å². The Bertz CT molecular complexity index is 989. The van der Waals surface area contributed by atoms with Crippen LogP contribution >= 0.6 is 11.8 Å². The molecule has 0 spiro atoms. The minimum atomic E-state index is -0.214. The van der Waals surface area contributed by atoms with Gasteiger partial charge in [0.05, 0.1) is 25.7 Å². The Morgan fingerprint density at radius 3 is 2.71 bits per heavy atom. The smallest absolute Gasteiger partial charge is 0.234 e. The number of amides is 1. The van der Waals surface area contributed by atoms with Gasteiger partial charge in [-0.05, 0) is 25.1 Å². The molecule has 0 unspecified atom stereocenters. The minimum absolute atomic E-state index is 0.123. The van der Waals surface area contributed by atoms with Gasteiger partial charge in [-0.1, -0.05) is 35.5 Å². The lowest BCUT2D eigenvalue weighted by atomic mass is 10.1. The lowest BCUT2D eigenvalue weighted by Crippen LogP contribution is -2.17. The molecule has 3 N–H and O–H groups in total. The normalized spacial score (nSPS) is 10.5. The number of ether oxygens (including phenoxy) is 2. The maximum atomic E-state index is 12.3. The summed E-state index contributed by atoms with van der Waals surface area (Å²) in [5, 5.41) is 11.5. The molecule has 0 bridgehead atoms. The van der Waals surface area contributed by atoms with Crippen molar-refractivity contribution >= 4 is 23.4 Å². The molecule has 1 amide bonds. The molecular weight excluding hydrogens is 378 g/mol. The molecule has 28 heavy (non-hydrogen) atoms. The second-order valence-electron chi connectivity index (χ2n) is 5.95. The number of carbonyl (C=O) groups is 1. The molecule has 0 saturated heterocycles. The van der Waals surface area contributed by atoms with Crippen LogP contribution in [0.25, 0.3) is 11.4 Å². The van der Waals surface area contributed by atoms with Crippen molar-refractivity contribution in [2.45, 2.75) is 12.1 Å². The maximum absolute atomic E-state index is 12.3. The van der Waals surface area contributed by atoms with Crippen LogP contribution in [0.4, 0.5) is 5.69 Å². The topological polar surface area (TPSA) is 104 Å². The largest absolute Gasteiger partial charge is 0.497 e. The molecule has 146 valence electrons. The summed E-state index contributed by atoms with van der Waals surface area (Å²) in [7, 11) is 3.10. The Hall–Kier alpha value is -3.20. The summed E-state index contributed by atoms with van der Waals surface area (Å²) in [5.41, 5.74) is 2.53. The first-order valence-corrected chi connectivity index (χ1v) is 9.42. The highest BCUT2D eigenvalue weighted by Gasteiger charge is 2.15. The quantitative estimate of drug-likeness (QED) is 0.465. The van der Waals surface area contributed by atoms with Gasteiger partial charge < -0.3 is 20.6 Å². The fourth-order valence-electron chi connectivity index (χ4n) is 2.57. The van der Waals surface area contributed by atoms with Gasteiger partial charge in [0.2, 0.25) is 11.1 Å². The standard InChI is InChI=1S/C19H21N5O3S/c1-12-5-4-6-13(9-12)18-22-23-19(24(18)20)28-11-17(25)21-15-8-7-14(26-2)10-16(15)27-3/h4-10H,11,20H2,1-3H3,(H,21,25). The average molecular weight is 399 g/mol. The molecule has 9 heteroatoms. The third kappa shape index (κ3) is 4.37. The maximum Gasteiger partial charge on any atom is 0.234 e. The van der Waals surface area contributed by atoms with E-state index < -0.39 is 0 Å². The molecule has 0 aliphatic heterocycles. The van der Waals surface area contributed by atoms with E-state index in [4.69, 9.17) is 15.3 Å². The first kappa shape index (κ1) is 19.6. The Balaban J connectivity index is 1.66. The van der Waals surface area contributed by atoms with Gasteiger partial charge in [0, 0.05) is 11.6 Å². The van der Waals surface area contributed by atoms with E-state index in [1.807, 2.05) is 31.2 Å². The van der Waals surface area contributed by atoms with E-state index in [0.717, 1.165) is 11.1 Å². The number of hydrogen-bond acceptors (Lipinski definition) is 7. The molecular formula is C19H21N5O3S. The Morgan fingerprint density at radius 2 is 2.00 bits per heavy atom. The zero-order valence-electron chi connectivity index (χ0n) is 15.8. The molecule has 1 aromatic heterocycles. The number of rotatable bonds is 7. The minimum Gasteiger partial charge on any atom is -0.497 e. The average Bonchev–Trinajstić information content (AvgIpc) is 3.07. The summed E-state index contributed by atoms with van der Waals surface area (Å²) in [6, 6.07) is 13.0. The molecule has 8 nitrogen and oxygen atoms in total. The van der Waals surface area contributed by atoms with Crippen LogP contribution < -0.4 is 20.6 Å². The van der Waals surface area contributed by atoms with Gasteiger partial charge in [-0.3, -0.25) is 4.79 Å². The van der Waals surface area contributed by atoms with Gasteiger partial charge in [0.25, 0.3) is 0 Å². The van der Waals surface area contributed by atoms with E-state index in [-0.39, 0.29) is 11.7 Å². The lowest BCUT2D eigenvalue weighted by Gasteiger charge is -2.11. The number of anilines is 1. The fourth-order valence-corrected chi connectivity index (χ4v) is 3.23. The molecule has 0 saturated carbocycles. The van der Waals surface area contributed by atoms with Gasteiger partial charge in [-0.25, -0.2) is 4.68 Å². The second-order valence-corrected chi connectivity index (χ2v) is 6.89. The molecule has 0 aliphatic rings. The molecule has 2 aromatic carbocycles. The van der Waals surface area contributed by atoms with Gasteiger partial charge in [-0.2, -0.15) is 0 Å². The highest BCUT2D eigenvalue weighted by molar-refractivity contribution is 7.99. The molecule has 3 rings (SSSR count). The number of nitrogens with two attached hydrogens (primary N) is 1. The number of methoxy groups -OCH3 is 2. The zero-order valence-corrected chi connectivity index (χ0v) is 16.6. The van der Waals surface area contributed by atoms with Crippen LogP contribution in [0.3, 0.4) is 0 Å². The number of aromatic nitrogens is 3. The predicted octanol–water partition coefficient (Wildman–Crippen LogP) is 2.72. The Kier molecular flexibility index (Phi) is 6.05. The highest BCUT2D eigenvalue weighted by atomic mass is 32.2. The van der Waals surface area contributed by atoms with Crippen LogP contribution in [-0.4, -0.2) is 40.8 Å². The van der Waals surface area contributed by atoms with Crippen molar-refractivity contribution in [3.8, 4) is 22.9 Å². The van der Waals surface area contributed by atoms with Crippen molar-refractivity contribution in [3.63, 3.8) is 0 Å². The summed E-state index contributed by atoms with van der Waals surface area (Å²) < 4.78 is 11.8. The van der Waals surface area contributed by atoms with Crippen molar-refractivity contribution in [2.24, 2.45) is 0 Å². The summed E-state index contributed by atoms with van der Waals surface area (Å²) in [5.74, 6) is 7.72. The van der Waals surface area contributed by atoms with Gasteiger partial charge in [-0.15, -0.1) is 10.2 Å². The van der Waals surface area contributed by atoms with Crippen molar-refractivity contribution in [3.05, 3.63) is 48.0 Å². The fraction of sp³-hybridized carbons (Fsp3) is 0.211. The number of nitrogens with zero attached hydrogens (tertiary/aromatic N) is 3. The van der Waals surface area contributed by atoms with Gasteiger partial charge in [0.15, 0.2) is 5.82 Å². The zero-order chi connectivity index (χ0) is 20.1. The highest BCUT2D eigenvalue weighted by Crippen LogP contribution is 2.29. The molecule has 0 aliphatic carbocycles. The van der Waals surface area contributed by atoms with Crippen LogP contribution in [0.1, 0.15) is 5.56 Å². The molecule has 3 aromatic rings. The first-order valence-electron chi connectivity index (χ1n) is 8.44. The van der Waals surface area contributed by atoms with E-state index >= 15 is 0 Å². The van der Waals surface area contributed by atoms with Crippen LogP contribution in [-0.2, 0) is 4.79 Å². The number of carbonyl (C=O) groups excluding carboxylic acids is 1. The van der Waals surface area contributed by atoms with Crippen LogP contribution in [0.2, 0.25) is 0 Å². The van der Waals surface area contributed by atoms with E-state index in [2.05, 4.69) is 15.5 Å². The summed E-state index contributed by atoms with van der Waals surface area (Å²) in [6.45, 7) is 1.99. The van der Waals surface area contributed by atoms with Crippen LogP contribution in [0, 0.1) is 6.92 Å². The predicted molar refractivity (Wildman–Crippen MR) is 109 cm³/mol. The number of nitrogens with one attached hydrogen (secondary N) is 1. The Morgan fingerprint density at radius 1 is 1.18 bits per heavy atom. The Labute approximate surface area is 167 Å². The number of nitrogen functional groups attached to an aromatic ring is 1. The van der Waals surface area contributed by atoms with E-state index in [9.17, 15) is 4.79 Å². The van der Waals surface area contributed by atoms with E-state index in [1.54, 1.807) is 25.3 Å². The number of benzene rings is 2. The summed E-state index contributed by atoms with van der Waals surface area (Å²) >= 11 is 1.20. The first-order chi connectivity index (χ1) is 13.5. The van der Waals surface area contributed by atoms with Gasteiger partial charge in [0.1, 0.15) is 11.5 Å². The molecule has 0 radical (unpaired) electrons.